The molecule has 0 unspecified atom stereocenters. The first kappa shape index (κ1) is 16.8. The van der Waals surface area contributed by atoms with Crippen LogP contribution in [0.15, 0.2) is 54.9 Å². The number of ether oxygens (including phenoxy) is 1. The molecule has 0 saturated heterocycles. The zero-order valence-corrected chi connectivity index (χ0v) is 14.8. The van der Waals surface area contributed by atoms with Crippen LogP contribution in [0.1, 0.15) is 11.1 Å². The first-order valence-corrected chi connectivity index (χ1v) is 8.51. The van der Waals surface area contributed by atoms with Gasteiger partial charge in [-0.25, -0.2) is 9.67 Å². The van der Waals surface area contributed by atoms with E-state index in [1.807, 2.05) is 49.5 Å². The van der Waals surface area contributed by atoms with Crippen LogP contribution in [0.25, 0.3) is 11.0 Å². The molecule has 136 valence electrons. The first-order valence-electron chi connectivity index (χ1n) is 8.51. The lowest BCUT2D eigenvalue weighted by Gasteiger charge is -2.08. The molecule has 0 aliphatic carbocycles. The lowest BCUT2D eigenvalue weighted by molar-refractivity contribution is 0.282. The molecule has 0 aliphatic rings. The van der Waals surface area contributed by atoms with Crippen LogP contribution in [0.4, 0.5) is 11.6 Å². The van der Waals surface area contributed by atoms with Crippen molar-refractivity contribution in [3.05, 3.63) is 66.0 Å². The van der Waals surface area contributed by atoms with Crippen LogP contribution in [0.2, 0.25) is 0 Å². The maximum Gasteiger partial charge on any atom is 0.320 e. The second-order valence-corrected chi connectivity index (χ2v) is 6.00. The number of hydrogen-bond acceptors (Lipinski definition) is 7. The van der Waals surface area contributed by atoms with E-state index in [4.69, 9.17) is 10.5 Å². The Morgan fingerprint density at radius 2 is 1.96 bits per heavy atom. The summed E-state index contributed by atoms with van der Waals surface area (Å²) in [5.74, 6) is 1.12. The summed E-state index contributed by atoms with van der Waals surface area (Å²) < 4.78 is 7.55. The summed E-state index contributed by atoms with van der Waals surface area (Å²) >= 11 is 0. The van der Waals surface area contributed by atoms with Gasteiger partial charge in [0.2, 0.25) is 0 Å². The number of hydrogen-bond donors (Lipinski definition) is 2. The Labute approximate surface area is 156 Å². The van der Waals surface area contributed by atoms with Crippen molar-refractivity contribution in [2.75, 3.05) is 18.1 Å². The first-order chi connectivity index (χ1) is 13.2. The Morgan fingerprint density at radius 3 is 2.78 bits per heavy atom. The average molecular weight is 361 g/mol. The number of nitrogens with one attached hydrogen (secondary N) is 1. The fraction of sp³-hybridized carbons (Fsp3) is 0.158. The van der Waals surface area contributed by atoms with Gasteiger partial charge in [-0.15, -0.1) is 0 Å². The molecule has 0 spiro atoms. The molecular formula is C19H19N7O. The predicted octanol–water partition coefficient (Wildman–Crippen LogP) is 2.47. The van der Waals surface area contributed by atoms with Crippen LogP contribution in [0.5, 0.6) is 6.01 Å². The Morgan fingerprint density at radius 1 is 1.11 bits per heavy atom. The minimum Gasteiger partial charge on any atom is -0.458 e. The number of nitrogens with two attached hydrogens (primary N) is 1. The number of pyridine rings is 1. The molecule has 3 aromatic heterocycles. The lowest BCUT2D eigenvalue weighted by Crippen LogP contribution is -2.06. The van der Waals surface area contributed by atoms with Gasteiger partial charge in [-0.05, 0) is 23.3 Å². The maximum absolute atomic E-state index is 6.07. The number of benzene rings is 1. The summed E-state index contributed by atoms with van der Waals surface area (Å²) in [5, 5.41) is 8.10. The van der Waals surface area contributed by atoms with Gasteiger partial charge in [0.25, 0.3) is 0 Å². The molecule has 0 radical (unpaired) electrons. The third kappa shape index (κ3) is 3.64. The van der Waals surface area contributed by atoms with E-state index in [0.29, 0.717) is 30.0 Å². The van der Waals surface area contributed by atoms with E-state index in [-0.39, 0.29) is 6.01 Å². The number of anilines is 2. The van der Waals surface area contributed by atoms with Gasteiger partial charge < -0.3 is 15.8 Å². The molecule has 27 heavy (non-hydrogen) atoms. The monoisotopic (exact) mass is 361 g/mol. The van der Waals surface area contributed by atoms with E-state index < -0.39 is 0 Å². The minimum atomic E-state index is 0.220. The van der Waals surface area contributed by atoms with Crippen LogP contribution in [0.3, 0.4) is 0 Å². The molecule has 0 atom stereocenters. The summed E-state index contributed by atoms with van der Waals surface area (Å²) in [4.78, 5) is 12.9. The Hall–Kier alpha value is -3.68. The number of rotatable bonds is 6. The zero-order chi connectivity index (χ0) is 18.6. The van der Waals surface area contributed by atoms with E-state index in [2.05, 4.69) is 25.4 Å². The van der Waals surface area contributed by atoms with Gasteiger partial charge in [0, 0.05) is 13.2 Å². The van der Waals surface area contributed by atoms with Crippen molar-refractivity contribution < 1.29 is 4.74 Å². The molecule has 0 saturated carbocycles. The van der Waals surface area contributed by atoms with Gasteiger partial charge in [-0.3, -0.25) is 0 Å². The molecular weight excluding hydrogens is 342 g/mol. The number of fused-ring (bicyclic) bond motifs is 1. The van der Waals surface area contributed by atoms with E-state index in [1.54, 1.807) is 17.1 Å². The Kier molecular flexibility index (Phi) is 4.52. The molecule has 3 N–H and O–H groups in total. The van der Waals surface area contributed by atoms with Crippen molar-refractivity contribution >= 4 is 22.7 Å². The third-order valence-electron chi connectivity index (χ3n) is 4.13. The van der Waals surface area contributed by atoms with Gasteiger partial charge in [-0.1, -0.05) is 30.3 Å². The highest BCUT2D eigenvalue weighted by atomic mass is 16.5. The molecule has 0 bridgehead atoms. The zero-order valence-electron chi connectivity index (χ0n) is 14.8. The van der Waals surface area contributed by atoms with Crippen LogP contribution in [-0.2, 0) is 13.2 Å². The second kappa shape index (κ2) is 7.28. The normalized spacial score (nSPS) is 10.9. The van der Waals surface area contributed by atoms with E-state index >= 15 is 0 Å². The summed E-state index contributed by atoms with van der Waals surface area (Å²) in [5.41, 5.74) is 8.80. The number of nitrogen functional groups attached to an aromatic ring is 1. The fourth-order valence-corrected chi connectivity index (χ4v) is 2.74. The SMILES string of the molecule is CNc1cc(COc2nc(N)c3cnn(Cc4ccccc4)c3n2)ccn1. The highest BCUT2D eigenvalue weighted by Gasteiger charge is 2.12. The van der Waals surface area contributed by atoms with Gasteiger partial charge >= 0.3 is 6.01 Å². The minimum absolute atomic E-state index is 0.220. The summed E-state index contributed by atoms with van der Waals surface area (Å²) in [6.07, 6.45) is 3.40. The van der Waals surface area contributed by atoms with Gasteiger partial charge in [0.05, 0.1) is 18.1 Å². The number of nitrogens with zero attached hydrogens (tertiary/aromatic N) is 5. The van der Waals surface area contributed by atoms with Crippen LogP contribution in [-0.4, -0.2) is 31.8 Å². The molecule has 8 nitrogen and oxygen atoms in total. The molecule has 3 heterocycles. The molecule has 0 fully saturated rings. The largest absolute Gasteiger partial charge is 0.458 e. The molecule has 8 heteroatoms. The summed E-state index contributed by atoms with van der Waals surface area (Å²) in [6, 6.07) is 14.0. The van der Waals surface area contributed by atoms with Gasteiger partial charge in [0.15, 0.2) is 5.65 Å². The van der Waals surface area contributed by atoms with E-state index in [0.717, 1.165) is 16.9 Å². The van der Waals surface area contributed by atoms with Crippen molar-refractivity contribution in [1.29, 1.82) is 0 Å². The van der Waals surface area contributed by atoms with Crippen molar-refractivity contribution in [1.82, 2.24) is 24.7 Å². The summed E-state index contributed by atoms with van der Waals surface area (Å²) in [7, 11) is 1.82. The van der Waals surface area contributed by atoms with E-state index in [1.165, 1.54) is 0 Å². The predicted molar refractivity (Wildman–Crippen MR) is 103 cm³/mol. The van der Waals surface area contributed by atoms with Gasteiger partial charge in [0.1, 0.15) is 18.2 Å². The standard InChI is InChI=1S/C19H19N7O/c1-21-16-9-14(7-8-22-16)12-27-19-24-17(20)15-10-23-26(18(15)25-19)11-13-5-3-2-4-6-13/h2-10H,11-12H2,1H3,(H,21,22)(H2,20,24,25). The number of aromatic nitrogens is 5. The molecule has 0 amide bonds. The van der Waals surface area contributed by atoms with E-state index in [9.17, 15) is 0 Å². The lowest BCUT2D eigenvalue weighted by atomic mass is 10.2. The van der Waals surface area contributed by atoms with Crippen LogP contribution in [0, 0.1) is 0 Å². The highest BCUT2D eigenvalue weighted by molar-refractivity contribution is 5.85. The average Bonchev–Trinajstić information content (AvgIpc) is 3.10. The quantitative estimate of drug-likeness (QED) is 0.544. The maximum atomic E-state index is 6.07. The molecule has 4 rings (SSSR count). The molecule has 0 aliphatic heterocycles. The summed E-state index contributed by atoms with van der Waals surface area (Å²) in [6.45, 7) is 0.908. The fourth-order valence-electron chi connectivity index (χ4n) is 2.74. The Bertz CT molecular complexity index is 1060. The van der Waals surface area contributed by atoms with Crippen molar-refractivity contribution in [3.8, 4) is 6.01 Å². The Balaban J connectivity index is 1.59. The second-order valence-electron chi connectivity index (χ2n) is 6.00. The van der Waals surface area contributed by atoms with Crippen LogP contribution >= 0.6 is 0 Å². The van der Waals surface area contributed by atoms with Gasteiger partial charge in [-0.2, -0.15) is 15.1 Å². The van der Waals surface area contributed by atoms with Crippen LogP contribution < -0.4 is 15.8 Å². The topological polar surface area (TPSA) is 104 Å². The molecule has 1 aromatic carbocycles. The smallest absolute Gasteiger partial charge is 0.320 e. The van der Waals surface area contributed by atoms with Crippen molar-refractivity contribution in [2.24, 2.45) is 0 Å². The third-order valence-corrected chi connectivity index (χ3v) is 4.13. The van der Waals surface area contributed by atoms with Crippen molar-refractivity contribution in [3.63, 3.8) is 0 Å². The highest BCUT2D eigenvalue weighted by Crippen LogP contribution is 2.21. The van der Waals surface area contributed by atoms with Crippen molar-refractivity contribution in [2.45, 2.75) is 13.2 Å². The molecule has 4 aromatic rings.